The van der Waals surface area contributed by atoms with Gasteiger partial charge in [0.15, 0.2) is 0 Å². The Morgan fingerprint density at radius 2 is 2.31 bits per heavy atom. The highest BCUT2D eigenvalue weighted by atomic mass is 79.9. The minimum absolute atomic E-state index is 0.258. The quantitative estimate of drug-likeness (QED) is 0.915. The monoisotopic (exact) mass is 287 g/mol. The third kappa shape index (κ3) is 2.17. The molecule has 1 aliphatic rings. The van der Waals surface area contributed by atoms with Gasteiger partial charge in [-0.15, -0.1) is 0 Å². The van der Waals surface area contributed by atoms with Crippen LogP contribution in [0.15, 0.2) is 4.47 Å². The van der Waals surface area contributed by atoms with Crippen molar-refractivity contribution in [1.29, 1.82) is 0 Å². The van der Waals surface area contributed by atoms with Crippen molar-refractivity contribution in [2.45, 2.75) is 32.4 Å². The van der Waals surface area contributed by atoms with E-state index < -0.39 is 0 Å². The molecule has 4 nitrogen and oxygen atoms in total. The lowest BCUT2D eigenvalue weighted by Crippen LogP contribution is -2.32. The summed E-state index contributed by atoms with van der Waals surface area (Å²) in [5, 5.41) is 13.7. The van der Waals surface area contributed by atoms with E-state index in [1.807, 2.05) is 18.7 Å². The van der Waals surface area contributed by atoms with Crippen molar-refractivity contribution >= 4 is 15.9 Å². The molecular formula is C11H18BrN3O. The van der Waals surface area contributed by atoms with Gasteiger partial charge in [0.2, 0.25) is 0 Å². The van der Waals surface area contributed by atoms with E-state index in [9.17, 15) is 5.11 Å². The summed E-state index contributed by atoms with van der Waals surface area (Å²) < 4.78 is 3.02. The molecule has 5 heteroatoms. The van der Waals surface area contributed by atoms with Gasteiger partial charge in [0.05, 0.1) is 22.5 Å². The molecule has 2 rings (SSSR count). The molecule has 1 atom stereocenters. The molecule has 90 valence electrons. The summed E-state index contributed by atoms with van der Waals surface area (Å²) in [7, 11) is 1.97. The van der Waals surface area contributed by atoms with Crippen molar-refractivity contribution in [3.63, 3.8) is 0 Å². The molecule has 1 saturated heterocycles. The molecule has 2 heterocycles. The summed E-state index contributed by atoms with van der Waals surface area (Å²) in [6.07, 6.45) is 2.28. The van der Waals surface area contributed by atoms with Gasteiger partial charge in [0.25, 0.3) is 0 Å². The van der Waals surface area contributed by atoms with Gasteiger partial charge < -0.3 is 5.11 Å². The predicted molar refractivity (Wildman–Crippen MR) is 66.2 cm³/mol. The van der Waals surface area contributed by atoms with Crippen molar-refractivity contribution in [3.05, 3.63) is 15.9 Å². The van der Waals surface area contributed by atoms with E-state index in [0.29, 0.717) is 6.04 Å². The lowest BCUT2D eigenvalue weighted by atomic mass is 10.2. The second-order valence-corrected chi connectivity index (χ2v) is 5.21. The maximum atomic E-state index is 9.28. The maximum absolute atomic E-state index is 9.28. The van der Waals surface area contributed by atoms with Crippen LogP contribution in [0.25, 0.3) is 0 Å². The number of hydrogen-bond donors (Lipinski definition) is 1. The molecule has 1 aromatic heterocycles. The first kappa shape index (κ1) is 12.1. The minimum Gasteiger partial charge on any atom is -0.395 e. The Kier molecular flexibility index (Phi) is 3.66. The second kappa shape index (κ2) is 4.85. The maximum Gasteiger partial charge on any atom is 0.0739 e. The van der Waals surface area contributed by atoms with Crippen LogP contribution in [0.3, 0.4) is 0 Å². The van der Waals surface area contributed by atoms with Crippen molar-refractivity contribution < 1.29 is 5.11 Å². The zero-order valence-electron chi connectivity index (χ0n) is 9.78. The van der Waals surface area contributed by atoms with Crippen molar-refractivity contribution in [2.24, 2.45) is 7.05 Å². The van der Waals surface area contributed by atoms with Gasteiger partial charge >= 0.3 is 0 Å². The average molecular weight is 288 g/mol. The number of aliphatic hydroxyl groups is 1. The van der Waals surface area contributed by atoms with Gasteiger partial charge in [0, 0.05) is 19.6 Å². The molecule has 1 aromatic rings. The molecule has 16 heavy (non-hydrogen) atoms. The Balaban J connectivity index is 2.14. The molecule has 0 amide bonds. The van der Waals surface area contributed by atoms with Crippen LogP contribution in [-0.4, -0.2) is 39.0 Å². The SMILES string of the molecule is Cc1nn(C)c(CN2CCCC2CO)c1Br. The molecule has 0 bridgehead atoms. The van der Waals surface area contributed by atoms with Crippen LogP contribution in [0.2, 0.25) is 0 Å². The van der Waals surface area contributed by atoms with E-state index >= 15 is 0 Å². The normalized spacial score (nSPS) is 21.9. The molecule has 1 aliphatic heterocycles. The molecule has 0 aromatic carbocycles. The topological polar surface area (TPSA) is 41.3 Å². The van der Waals surface area contributed by atoms with Crippen molar-refractivity contribution in [2.75, 3.05) is 13.2 Å². The summed E-state index contributed by atoms with van der Waals surface area (Å²) in [6, 6.07) is 0.321. The number of halogens is 1. The van der Waals surface area contributed by atoms with Crippen LogP contribution in [0, 0.1) is 6.92 Å². The number of aryl methyl sites for hydroxylation is 2. The zero-order valence-corrected chi connectivity index (χ0v) is 11.4. The van der Waals surface area contributed by atoms with Crippen LogP contribution in [-0.2, 0) is 13.6 Å². The van der Waals surface area contributed by atoms with Crippen LogP contribution >= 0.6 is 15.9 Å². The summed E-state index contributed by atoms with van der Waals surface area (Å²) in [5.41, 5.74) is 2.22. The van der Waals surface area contributed by atoms with Crippen LogP contribution < -0.4 is 0 Å². The molecule has 0 saturated carbocycles. The number of nitrogens with zero attached hydrogens (tertiary/aromatic N) is 3. The van der Waals surface area contributed by atoms with Gasteiger partial charge in [-0.2, -0.15) is 5.10 Å². The highest BCUT2D eigenvalue weighted by Gasteiger charge is 2.25. The predicted octanol–water partition coefficient (Wildman–Crippen LogP) is 1.45. The van der Waals surface area contributed by atoms with E-state index in [0.717, 1.165) is 29.7 Å². The third-order valence-electron chi connectivity index (χ3n) is 3.32. The summed E-state index contributed by atoms with van der Waals surface area (Å²) in [6.45, 7) is 4.20. The van der Waals surface area contributed by atoms with Gasteiger partial charge in [-0.3, -0.25) is 9.58 Å². The second-order valence-electron chi connectivity index (χ2n) is 4.42. The number of rotatable bonds is 3. The van der Waals surface area contributed by atoms with Crippen LogP contribution in [0.1, 0.15) is 24.2 Å². The summed E-state index contributed by atoms with van der Waals surface area (Å²) >= 11 is 3.58. The first-order chi connectivity index (χ1) is 7.63. The average Bonchev–Trinajstić information content (AvgIpc) is 2.79. The molecular weight excluding hydrogens is 270 g/mol. The number of aromatic nitrogens is 2. The lowest BCUT2D eigenvalue weighted by molar-refractivity contribution is 0.151. The fourth-order valence-corrected chi connectivity index (χ4v) is 2.82. The highest BCUT2D eigenvalue weighted by molar-refractivity contribution is 9.10. The number of hydrogen-bond acceptors (Lipinski definition) is 3. The molecule has 0 aliphatic carbocycles. The van der Waals surface area contributed by atoms with Gasteiger partial charge in [0.1, 0.15) is 0 Å². The Morgan fingerprint density at radius 3 is 2.88 bits per heavy atom. The van der Waals surface area contributed by atoms with Crippen molar-refractivity contribution in [3.8, 4) is 0 Å². The Morgan fingerprint density at radius 1 is 1.56 bits per heavy atom. The lowest BCUT2D eigenvalue weighted by Gasteiger charge is -2.22. The fourth-order valence-electron chi connectivity index (χ4n) is 2.35. The standard InChI is InChI=1S/C11H18BrN3O/c1-8-11(12)10(14(2)13-8)6-15-5-3-4-9(15)7-16/h9,16H,3-7H2,1-2H3. The van der Waals surface area contributed by atoms with E-state index in [4.69, 9.17) is 0 Å². The summed E-state index contributed by atoms with van der Waals surface area (Å²) in [4.78, 5) is 2.33. The smallest absolute Gasteiger partial charge is 0.0739 e. The number of likely N-dealkylation sites (tertiary alicyclic amines) is 1. The van der Waals surface area contributed by atoms with Gasteiger partial charge in [-0.1, -0.05) is 0 Å². The van der Waals surface area contributed by atoms with Crippen molar-refractivity contribution in [1.82, 2.24) is 14.7 Å². The van der Waals surface area contributed by atoms with Gasteiger partial charge in [-0.05, 0) is 42.2 Å². The third-order valence-corrected chi connectivity index (χ3v) is 4.36. The summed E-state index contributed by atoms with van der Waals surface area (Å²) in [5.74, 6) is 0. The molecule has 1 unspecified atom stereocenters. The largest absolute Gasteiger partial charge is 0.395 e. The van der Waals surface area contributed by atoms with E-state index in [2.05, 4.69) is 25.9 Å². The molecule has 0 spiro atoms. The molecule has 0 radical (unpaired) electrons. The highest BCUT2D eigenvalue weighted by Crippen LogP contribution is 2.25. The minimum atomic E-state index is 0.258. The van der Waals surface area contributed by atoms with E-state index in [1.165, 1.54) is 12.1 Å². The first-order valence-electron chi connectivity index (χ1n) is 5.66. The zero-order chi connectivity index (χ0) is 11.7. The number of aliphatic hydroxyl groups excluding tert-OH is 1. The van der Waals surface area contributed by atoms with Crippen LogP contribution in [0.4, 0.5) is 0 Å². The Bertz CT molecular complexity index is 378. The Hall–Kier alpha value is -0.390. The fraction of sp³-hybridized carbons (Fsp3) is 0.727. The van der Waals surface area contributed by atoms with Gasteiger partial charge in [-0.25, -0.2) is 0 Å². The Labute approximate surface area is 104 Å². The van der Waals surface area contributed by atoms with E-state index in [-0.39, 0.29) is 6.61 Å². The molecule has 1 fully saturated rings. The molecule has 1 N–H and O–H groups in total. The van der Waals surface area contributed by atoms with Crippen LogP contribution in [0.5, 0.6) is 0 Å². The van der Waals surface area contributed by atoms with E-state index in [1.54, 1.807) is 0 Å². The first-order valence-corrected chi connectivity index (χ1v) is 6.45.